The van der Waals surface area contributed by atoms with Crippen molar-refractivity contribution in [1.82, 2.24) is 0 Å². The molecule has 0 atom stereocenters. The zero-order valence-electron chi connectivity index (χ0n) is 10.6. The van der Waals surface area contributed by atoms with Gasteiger partial charge < -0.3 is 5.32 Å². The molecule has 0 heterocycles. The van der Waals surface area contributed by atoms with Crippen LogP contribution in [0, 0.1) is 17.0 Å². The van der Waals surface area contributed by atoms with Crippen molar-refractivity contribution in [3.8, 4) is 0 Å². The molecular weight excluding hydrogens is 324 g/mol. The maximum atomic E-state index is 12.2. The van der Waals surface area contributed by atoms with Gasteiger partial charge in [0, 0.05) is 27.9 Å². The van der Waals surface area contributed by atoms with Crippen LogP contribution in [0.5, 0.6) is 0 Å². The summed E-state index contributed by atoms with van der Waals surface area (Å²) in [5, 5.41) is 13.4. The van der Waals surface area contributed by atoms with Gasteiger partial charge in [-0.25, -0.2) is 0 Å². The van der Waals surface area contributed by atoms with E-state index in [0.717, 1.165) is 10.0 Å². The molecule has 0 spiro atoms. The number of nitrogens with zero attached hydrogens (tertiary/aromatic N) is 1. The van der Waals surface area contributed by atoms with Crippen LogP contribution < -0.4 is 5.32 Å². The minimum absolute atomic E-state index is 0.0613. The lowest BCUT2D eigenvalue weighted by Gasteiger charge is -2.08. The van der Waals surface area contributed by atoms with Crippen molar-refractivity contribution in [2.75, 3.05) is 5.32 Å². The topological polar surface area (TPSA) is 72.2 Å². The molecule has 2 aromatic carbocycles. The molecule has 5 nitrogen and oxygen atoms in total. The van der Waals surface area contributed by atoms with Gasteiger partial charge in [0.05, 0.1) is 4.92 Å². The highest BCUT2D eigenvalue weighted by Crippen LogP contribution is 2.22. The number of halogens is 1. The minimum atomic E-state index is -0.500. The molecule has 1 amide bonds. The number of rotatable bonds is 3. The molecule has 0 saturated heterocycles. The zero-order valence-corrected chi connectivity index (χ0v) is 12.2. The number of hydrogen-bond acceptors (Lipinski definition) is 3. The molecule has 0 aliphatic rings. The Kier molecular flexibility index (Phi) is 4.14. The quantitative estimate of drug-likeness (QED) is 0.683. The highest BCUT2D eigenvalue weighted by Gasteiger charge is 2.12. The number of nitro benzene ring substituents is 1. The molecule has 0 aliphatic carbocycles. The summed E-state index contributed by atoms with van der Waals surface area (Å²) in [7, 11) is 0. The fourth-order valence-corrected chi connectivity index (χ4v) is 2.12. The van der Waals surface area contributed by atoms with Crippen LogP contribution in [0.4, 0.5) is 11.4 Å². The number of hydrogen-bond donors (Lipinski definition) is 1. The fraction of sp³-hybridized carbons (Fsp3) is 0.0714. The molecule has 0 aromatic heterocycles. The fourth-order valence-electron chi connectivity index (χ4n) is 1.75. The van der Waals surface area contributed by atoms with Crippen LogP contribution in [0.25, 0.3) is 0 Å². The Balaban J connectivity index is 2.26. The lowest BCUT2D eigenvalue weighted by Crippen LogP contribution is -2.13. The first-order chi connectivity index (χ1) is 9.49. The average molecular weight is 335 g/mol. The van der Waals surface area contributed by atoms with E-state index in [9.17, 15) is 14.9 Å². The van der Waals surface area contributed by atoms with Gasteiger partial charge in [-0.1, -0.05) is 28.1 Å². The Morgan fingerprint density at radius 1 is 1.25 bits per heavy atom. The van der Waals surface area contributed by atoms with Crippen molar-refractivity contribution in [3.05, 3.63) is 68.2 Å². The van der Waals surface area contributed by atoms with Crippen molar-refractivity contribution >= 4 is 33.2 Å². The van der Waals surface area contributed by atoms with Crippen LogP contribution >= 0.6 is 15.9 Å². The molecule has 0 aliphatic heterocycles. The van der Waals surface area contributed by atoms with Crippen LogP contribution in [-0.4, -0.2) is 10.8 Å². The van der Waals surface area contributed by atoms with E-state index in [-0.39, 0.29) is 11.6 Å². The zero-order chi connectivity index (χ0) is 14.7. The predicted molar refractivity (Wildman–Crippen MR) is 79.9 cm³/mol. The highest BCUT2D eigenvalue weighted by atomic mass is 79.9. The van der Waals surface area contributed by atoms with E-state index in [0.29, 0.717) is 11.3 Å². The van der Waals surface area contributed by atoms with Gasteiger partial charge in [0.15, 0.2) is 0 Å². The van der Waals surface area contributed by atoms with Crippen molar-refractivity contribution in [2.45, 2.75) is 6.92 Å². The molecule has 0 unspecified atom stereocenters. The van der Waals surface area contributed by atoms with Crippen molar-refractivity contribution in [3.63, 3.8) is 0 Å². The lowest BCUT2D eigenvalue weighted by molar-refractivity contribution is -0.384. The molecule has 20 heavy (non-hydrogen) atoms. The summed E-state index contributed by atoms with van der Waals surface area (Å²) >= 11 is 3.36. The third-order valence-corrected chi connectivity index (χ3v) is 3.69. The van der Waals surface area contributed by atoms with Gasteiger partial charge in [-0.05, 0) is 30.7 Å². The number of nitrogens with one attached hydrogen (secondary N) is 1. The van der Waals surface area contributed by atoms with Gasteiger partial charge in [0.1, 0.15) is 0 Å². The Hall–Kier alpha value is -2.21. The number of anilines is 1. The van der Waals surface area contributed by atoms with Crippen LogP contribution in [0.2, 0.25) is 0 Å². The molecular formula is C14H11BrN2O3. The van der Waals surface area contributed by atoms with Crippen LogP contribution in [-0.2, 0) is 0 Å². The smallest absolute Gasteiger partial charge is 0.271 e. The van der Waals surface area contributed by atoms with Crippen LogP contribution in [0.15, 0.2) is 46.9 Å². The van der Waals surface area contributed by atoms with Crippen molar-refractivity contribution < 1.29 is 9.72 Å². The van der Waals surface area contributed by atoms with E-state index in [4.69, 9.17) is 0 Å². The summed E-state index contributed by atoms with van der Waals surface area (Å²) in [4.78, 5) is 22.4. The number of carbonyl (C=O) groups excluding carboxylic acids is 1. The van der Waals surface area contributed by atoms with Crippen molar-refractivity contribution in [2.24, 2.45) is 0 Å². The van der Waals surface area contributed by atoms with E-state index in [1.54, 1.807) is 18.2 Å². The molecule has 1 N–H and O–H groups in total. The summed E-state index contributed by atoms with van der Waals surface area (Å²) in [5.74, 6) is -0.302. The van der Waals surface area contributed by atoms with Crippen LogP contribution in [0.3, 0.4) is 0 Å². The Morgan fingerprint density at radius 2 is 1.95 bits per heavy atom. The second kappa shape index (κ2) is 5.83. The first-order valence-electron chi connectivity index (χ1n) is 5.80. The van der Waals surface area contributed by atoms with Gasteiger partial charge in [-0.3, -0.25) is 14.9 Å². The summed E-state index contributed by atoms with van der Waals surface area (Å²) in [5.41, 5.74) is 1.67. The normalized spacial score (nSPS) is 10.1. The maximum Gasteiger partial charge on any atom is 0.271 e. The van der Waals surface area contributed by atoms with Gasteiger partial charge >= 0.3 is 0 Å². The lowest BCUT2D eigenvalue weighted by atomic mass is 10.1. The molecule has 0 fully saturated rings. The molecule has 0 bridgehead atoms. The third-order valence-electron chi connectivity index (χ3n) is 2.83. The third kappa shape index (κ3) is 3.03. The maximum absolute atomic E-state index is 12.2. The average Bonchev–Trinajstić information content (AvgIpc) is 2.42. The Morgan fingerprint density at radius 3 is 2.65 bits per heavy atom. The molecule has 6 heteroatoms. The van der Waals surface area contributed by atoms with E-state index in [1.165, 1.54) is 18.2 Å². The van der Waals surface area contributed by atoms with Gasteiger partial charge in [0.25, 0.3) is 11.6 Å². The summed E-state index contributed by atoms with van der Waals surface area (Å²) in [6, 6.07) is 11.1. The standard InChI is InChI=1S/C14H11BrN2O3/c1-9-12(6-3-7-13(9)15)14(18)16-10-4-2-5-11(8-10)17(19)20/h2-8H,1H3,(H,16,18). The number of benzene rings is 2. The second-order valence-electron chi connectivity index (χ2n) is 4.17. The van der Waals surface area contributed by atoms with E-state index in [1.807, 2.05) is 13.0 Å². The van der Waals surface area contributed by atoms with Crippen molar-refractivity contribution in [1.29, 1.82) is 0 Å². The molecule has 102 valence electrons. The minimum Gasteiger partial charge on any atom is -0.322 e. The van der Waals surface area contributed by atoms with Gasteiger partial charge in [-0.15, -0.1) is 0 Å². The predicted octanol–water partition coefficient (Wildman–Crippen LogP) is 3.92. The summed E-state index contributed by atoms with van der Waals surface area (Å²) in [6.07, 6.45) is 0. The molecule has 2 aromatic rings. The summed E-state index contributed by atoms with van der Waals surface area (Å²) in [6.45, 7) is 1.83. The number of amides is 1. The summed E-state index contributed by atoms with van der Waals surface area (Å²) < 4.78 is 0.837. The van der Waals surface area contributed by atoms with E-state index >= 15 is 0 Å². The largest absolute Gasteiger partial charge is 0.322 e. The van der Waals surface area contributed by atoms with E-state index in [2.05, 4.69) is 21.2 Å². The second-order valence-corrected chi connectivity index (χ2v) is 5.03. The molecule has 2 rings (SSSR count). The first-order valence-corrected chi connectivity index (χ1v) is 6.59. The SMILES string of the molecule is Cc1c(Br)cccc1C(=O)Nc1cccc([N+](=O)[O-])c1. The Bertz CT molecular complexity index is 686. The molecule has 0 radical (unpaired) electrons. The van der Waals surface area contributed by atoms with Crippen LogP contribution in [0.1, 0.15) is 15.9 Å². The van der Waals surface area contributed by atoms with Gasteiger partial charge in [-0.2, -0.15) is 0 Å². The highest BCUT2D eigenvalue weighted by molar-refractivity contribution is 9.10. The number of carbonyl (C=O) groups is 1. The Labute approximate surface area is 123 Å². The number of nitro groups is 1. The first kappa shape index (κ1) is 14.2. The van der Waals surface area contributed by atoms with Gasteiger partial charge in [0.2, 0.25) is 0 Å². The monoisotopic (exact) mass is 334 g/mol. The van der Waals surface area contributed by atoms with E-state index < -0.39 is 4.92 Å². The molecule has 0 saturated carbocycles. The number of non-ortho nitro benzene ring substituents is 1.